The highest BCUT2D eigenvalue weighted by atomic mass is 32.1. The van der Waals surface area contributed by atoms with Gasteiger partial charge in [0.1, 0.15) is 17.5 Å². The predicted octanol–water partition coefficient (Wildman–Crippen LogP) is 1.01. The average Bonchev–Trinajstić information content (AvgIpc) is 3.24. The summed E-state index contributed by atoms with van der Waals surface area (Å²) in [4.78, 5) is 20.8. The molecule has 1 N–H and O–H groups in total. The van der Waals surface area contributed by atoms with Gasteiger partial charge in [-0.2, -0.15) is 5.10 Å². The number of nitrogens with one attached hydrogen (secondary N) is 1. The van der Waals surface area contributed by atoms with Gasteiger partial charge in [0.25, 0.3) is 5.91 Å². The largest absolute Gasteiger partial charge is 0.347 e. The molecule has 1 amide bonds. The topological polar surface area (TPSA) is 98.5 Å². The van der Waals surface area contributed by atoms with Crippen molar-refractivity contribution in [3.63, 3.8) is 0 Å². The molecule has 9 heteroatoms. The summed E-state index contributed by atoms with van der Waals surface area (Å²) < 4.78 is 5.38. The Hall–Kier alpha value is -2.68. The van der Waals surface area contributed by atoms with Gasteiger partial charge >= 0.3 is 0 Å². The van der Waals surface area contributed by atoms with Crippen LogP contribution >= 0.6 is 11.5 Å². The zero-order valence-corrected chi connectivity index (χ0v) is 12.6. The van der Waals surface area contributed by atoms with Gasteiger partial charge in [-0.05, 0) is 29.6 Å². The normalized spacial score (nSPS) is 10.6. The number of carbonyl (C=O) groups is 1. The molecular formula is C13H13N7OS. The van der Waals surface area contributed by atoms with E-state index in [2.05, 4.69) is 30.0 Å². The number of nitrogens with zero attached hydrogens (tertiary/aromatic N) is 6. The van der Waals surface area contributed by atoms with Gasteiger partial charge in [0.2, 0.25) is 0 Å². The van der Waals surface area contributed by atoms with E-state index in [0.29, 0.717) is 23.7 Å². The summed E-state index contributed by atoms with van der Waals surface area (Å²) in [6.07, 6.45) is 5.41. The van der Waals surface area contributed by atoms with Crippen LogP contribution in [0.3, 0.4) is 0 Å². The van der Waals surface area contributed by atoms with Crippen LogP contribution in [0.25, 0.3) is 5.82 Å². The summed E-state index contributed by atoms with van der Waals surface area (Å²) in [5.74, 6) is 0.514. The van der Waals surface area contributed by atoms with Crippen molar-refractivity contribution in [3.8, 4) is 5.82 Å². The Kier molecular flexibility index (Phi) is 4.15. The lowest BCUT2D eigenvalue weighted by Crippen LogP contribution is -2.23. The Morgan fingerprint density at radius 1 is 1.41 bits per heavy atom. The molecule has 0 fully saturated rings. The molecule has 22 heavy (non-hydrogen) atoms. The Morgan fingerprint density at radius 3 is 3.00 bits per heavy atom. The van der Waals surface area contributed by atoms with E-state index in [9.17, 15) is 4.79 Å². The van der Waals surface area contributed by atoms with E-state index >= 15 is 0 Å². The average molecular weight is 315 g/mol. The first-order valence-corrected chi connectivity index (χ1v) is 7.44. The summed E-state index contributed by atoms with van der Waals surface area (Å²) >= 11 is 1.11. The van der Waals surface area contributed by atoms with E-state index in [4.69, 9.17) is 0 Å². The Balaban J connectivity index is 1.63. The van der Waals surface area contributed by atoms with Crippen molar-refractivity contribution in [2.75, 3.05) is 0 Å². The molecule has 3 heterocycles. The summed E-state index contributed by atoms with van der Waals surface area (Å²) in [5, 5.41) is 10.8. The quantitative estimate of drug-likeness (QED) is 0.754. The molecule has 0 bridgehead atoms. The molecule has 0 radical (unpaired) electrons. The maximum atomic E-state index is 12.1. The van der Waals surface area contributed by atoms with Crippen LogP contribution in [0.15, 0.2) is 31.0 Å². The molecule has 0 aliphatic heterocycles. The van der Waals surface area contributed by atoms with Gasteiger partial charge in [0.15, 0.2) is 5.82 Å². The van der Waals surface area contributed by atoms with Crippen molar-refractivity contribution in [1.82, 2.24) is 34.7 Å². The number of pyridine rings is 1. The number of aryl methyl sites for hydroxylation is 1. The minimum atomic E-state index is -0.160. The molecular weight excluding hydrogens is 302 g/mol. The van der Waals surface area contributed by atoms with Crippen molar-refractivity contribution in [2.45, 2.75) is 19.9 Å². The molecule has 3 rings (SSSR count). The van der Waals surface area contributed by atoms with Gasteiger partial charge in [-0.3, -0.25) is 4.79 Å². The fourth-order valence-electron chi connectivity index (χ4n) is 1.86. The second-order valence-electron chi connectivity index (χ2n) is 4.45. The molecule has 0 unspecified atom stereocenters. The highest BCUT2D eigenvalue weighted by Gasteiger charge is 2.14. The van der Waals surface area contributed by atoms with Crippen LogP contribution in [0.5, 0.6) is 0 Å². The van der Waals surface area contributed by atoms with Gasteiger partial charge in [-0.15, -0.1) is 5.10 Å². The third-order valence-corrected chi connectivity index (χ3v) is 3.78. The molecule has 0 aliphatic carbocycles. The number of aromatic nitrogens is 6. The molecule has 0 spiro atoms. The maximum Gasteiger partial charge on any atom is 0.265 e. The molecule has 0 saturated heterocycles. The van der Waals surface area contributed by atoms with Crippen LogP contribution in [0, 0.1) is 0 Å². The van der Waals surface area contributed by atoms with E-state index in [1.165, 1.54) is 6.33 Å². The predicted molar refractivity (Wildman–Crippen MR) is 79.6 cm³/mol. The highest BCUT2D eigenvalue weighted by Crippen LogP contribution is 2.11. The fraction of sp³-hybridized carbons (Fsp3) is 0.231. The lowest BCUT2D eigenvalue weighted by molar-refractivity contribution is 0.0954. The van der Waals surface area contributed by atoms with Gasteiger partial charge in [-0.25, -0.2) is 14.6 Å². The summed E-state index contributed by atoms with van der Waals surface area (Å²) in [7, 11) is 0. The van der Waals surface area contributed by atoms with Crippen molar-refractivity contribution in [1.29, 1.82) is 0 Å². The minimum Gasteiger partial charge on any atom is -0.347 e. The van der Waals surface area contributed by atoms with Crippen LogP contribution in [0.4, 0.5) is 0 Å². The monoisotopic (exact) mass is 315 g/mol. The van der Waals surface area contributed by atoms with Crippen molar-refractivity contribution in [2.24, 2.45) is 0 Å². The molecule has 0 aromatic carbocycles. The molecule has 112 valence electrons. The zero-order valence-electron chi connectivity index (χ0n) is 11.8. The third kappa shape index (κ3) is 2.98. The Labute approximate surface area is 130 Å². The van der Waals surface area contributed by atoms with Gasteiger partial charge in [0.05, 0.1) is 5.69 Å². The number of hydrogen-bond donors (Lipinski definition) is 1. The van der Waals surface area contributed by atoms with Crippen LogP contribution in [0.2, 0.25) is 0 Å². The lowest BCUT2D eigenvalue weighted by Gasteiger charge is -2.05. The van der Waals surface area contributed by atoms with Crippen molar-refractivity contribution >= 4 is 17.4 Å². The Morgan fingerprint density at radius 2 is 2.32 bits per heavy atom. The first kappa shape index (κ1) is 14.3. The van der Waals surface area contributed by atoms with Crippen LogP contribution in [-0.4, -0.2) is 35.2 Å². The number of rotatable bonds is 5. The first-order valence-electron chi connectivity index (χ1n) is 6.67. The van der Waals surface area contributed by atoms with Gasteiger partial charge in [0, 0.05) is 12.7 Å². The van der Waals surface area contributed by atoms with Crippen LogP contribution in [0.1, 0.15) is 27.9 Å². The maximum absolute atomic E-state index is 12.1. The Bertz CT molecular complexity index is 751. The highest BCUT2D eigenvalue weighted by molar-refractivity contribution is 7.08. The molecule has 8 nitrogen and oxygen atoms in total. The van der Waals surface area contributed by atoms with E-state index in [1.807, 2.05) is 19.1 Å². The SMILES string of the molecule is CCc1nnsc1C(=O)NCc1ccc(-n2cncn2)nc1. The van der Waals surface area contributed by atoms with Gasteiger partial charge < -0.3 is 5.32 Å². The molecule has 3 aromatic rings. The third-order valence-electron chi connectivity index (χ3n) is 3.01. The number of carbonyl (C=O) groups excluding carboxylic acids is 1. The lowest BCUT2D eigenvalue weighted by atomic mass is 10.2. The molecule has 0 saturated carbocycles. The van der Waals surface area contributed by atoms with Crippen LogP contribution < -0.4 is 5.32 Å². The van der Waals surface area contributed by atoms with E-state index in [1.54, 1.807) is 17.2 Å². The van der Waals surface area contributed by atoms with Gasteiger partial charge in [-0.1, -0.05) is 17.5 Å². The smallest absolute Gasteiger partial charge is 0.265 e. The first-order chi connectivity index (χ1) is 10.8. The zero-order chi connectivity index (χ0) is 15.4. The van der Waals surface area contributed by atoms with Crippen molar-refractivity contribution in [3.05, 3.63) is 47.1 Å². The second-order valence-corrected chi connectivity index (χ2v) is 5.20. The van der Waals surface area contributed by atoms with E-state index in [-0.39, 0.29) is 5.91 Å². The molecule has 3 aromatic heterocycles. The minimum absolute atomic E-state index is 0.160. The standard InChI is InChI=1S/C13H13N7OS/c1-2-10-12(22-19-18-10)13(21)16-6-9-3-4-11(15-5-9)20-8-14-7-17-20/h3-5,7-8H,2,6H2,1H3,(H,16,21). The fourth-order valence-corrected chi connectivity index (χ4v) is 2.52. The summed E-state index contributed by atoms with van der Waals surface area (Å²) in [6, 6.07) is 3.71. The summed E-state index contributed by atoms with van der Waals surface area (Å²) in [6.45, 7) is 2.34. The number of hydrogen-bond acceptors (Lipinski definition) is 7. The van der Waals surface area contributed by atoms with E-state index in [0.717, 1.165) is 22.8 Å². The van der Waals surface area contributed by atoms with Crippen LogP contribution in [-0.2, 0) is 13.0 Å². The molecule has 0 aliphatic rings. The second kappa shape index (κ2) is 6.39. The molecule has 0 atom stereocenters. The summed E-state index contributed by atoms with van der Waals surface area (Å²) in [5.41, 5.74) is 1.62. The van der Waals surface area contributed by atoms with E-state index < -0.39 is 0 Å². The van der Waals surface area contributed by atoms with Crippen molar-refractivity contribution < 1.29 is 4.79 Å². The number of amides is 1.